The zero-order chi connectivity index (χ0) is 19.1. The largest absolute Gasteiger partial charge is 0.493 e. The van der Waals surface area contributed by atoms with Crippen molar-refractivity contribution in [2.24, 2.45) is 0 Å². The molecular weight excluding hydrogens is 443 g/mol. The lowest BCUT2D eigenvalue weighted by molar-refractivity contribution is -0.117. The molecule has 1 aromatic rings. The molecule has 2 rings (SSSR count). The average Bonchev–Trinajstić information content (AvgIpc) is 3.14. The summed E-state index contributed by atoms with van der Waals surface area (Å²) in [6.45, 7) is 4.06. The van der Waals surface area contributed by atoms with Crippen LogP contribution in [0.5, 0.6) is 11.5 Å². The SMILES string of the molecule is CC[C@H](C)Oc1c(I)cc(/C=C(/C#N)C(=O)NC2CCCC2)cc1OC. The van der Waals surface area contributed by atoms with Gasteiger partial charge in [-0.05, 0) is 72.5 Å². The molecule has 0 saturated heterocycles. The van der Waals surface area contributed by atoms with Crippen molar-refractivity contribution in [1.29, 1.82) is 5.26 Å². The van der Waals surface area contributed by atoms with Crippen LogP contribution in [-0.4, -0.2) is 25.2 Å². The third-order valence-electron chi connectivity index (χ3n) is 4.51. The second kappa shape index (κ2) is 9.81. The van der Waals surface area contributed by atoms with Gasteiger partial charge in [0, 0.05) is 6.04 Å². The first-order chi connectivity index (χ1) is 12.5. The number of rotatable bonds is 7. The van der Waals surface area contributed by atoms with Crippen molar-refractivity contribution in [3.05, 3.63) is 26.8 Å². The Morgan fingerprint density at radius 1 is 1.46 bits per heavy atom. The normalized spacial score (nSPS) is 16.0. The second-order valence-electron chi connectivity index (χ2n) is 6.50. The lowest BCUT2D eigenvalue weighted by Crippen LogP contribution is -2.33. The average molecular weight is 468 g/mol. The Kier molecular flexibility index (Phi) is 7.76. The van der Waals surface area contributed by atoms with Crippen molar-refractivity contribution in [2.45, 2.75) is 58.1 Å². The molecule has 26 heavy (non-hydrogen) atoms. The number of carbonyl (C=O) groups is 1. The van der Waals surface area contributed by atoms with Gasteiger partial charge in [-0.2, -0.15) is 5.26 Å². The Hall–Kier alpha value is -1.75. The van der Waals surface area contributed by atoms with Gasteiger partial charge >= 0.3 is 0 Å². The summed E-state index contributed by atoms with van der Waals surface area (Å²) in [5.74, 6) is 0.971. The molecule has 0 bridgehead atoms. The standard InChI is InChI=1S/C20H25IN2O3/c1-4-13(2)26-19-17(21)10-14(11-18(19)25-3)9-15(12-22)20(24)23-16-7-5-6-8-16/h9-11,13,16H,4-8H2,1-3H3,(H,23,24)/b15-9-/t13-/m0/s1. The number of methoxy groups -OCH3 is 1. The molecule has 0 unspecified atom stereocenters. The summed E-state index contributed by atoms with van der Waals surface area (Å²) in [7, 11) is 1.58. The third kappa shape index (κ3) is 5.37. The minimum Gasteiger partial charge on any atom is -0.493 e. The van der Waals surface area contributed by atoms with E-state index >= 15 is 0 Å². The minimum absolute atomic E-state index is 0.0747. The van der Waals surface area contributed by atoms with E-state index in [0.717, 1.165) is 41.2 Å². The molecule has 0 spiro atoms. The first-order valence-corrected chi connectivity index (χ1v) is 10.0. The fraction of sp³-hybridized carbons (Fsp3) is 0.500. The van der Waals surface area contributed by atoms with Gasteiger partial charge in [-0.25, -0.2) is 0 Å². The summed E-state index contributed by atoms with van der Waals surface area (Å²) in [5, 5.41) is 12.3. The molecule has 1 saturated carbocycles. The number of hydrogen-bond donors (Lipinski definition) is 1. The number of hydrogen-bond acceptors (Lipinski definition) is 4. The Morgan fingerprint density at radius 3 is 2.73 bits per heavy atom. The Bertz CT molecular complexity index is 719. The molecule has 1 N–H and O–H groups in total. The fourth-order valence-corrected chi connectivity index (χ4v) is 3.62. The van der Waals surface area contributed by atoms with Crippen molar-refractivity contribution in [2.75, 3.05) is 7.11 Å². The molecule has 1 aliphatic rings. The summed E-state index contributed by atoms with van der Waals surface area (Å²) >= 11 is 2.18. The molecule has 1 aromatic carbocycles. The highest BCUT2D eigenvalue weighted by molar-refractivity contribution is 14.1. The summed E-state index contributed by atoms with van der Waals surface area (Å²) in [4.78, 5) is 12.4. The van der Waals surface area contributed by atoms with Gasteiger partial charge in [0.15, 0.2) is 11.5 Å². The molecule has 1 aliphatic carbocycles. The van der Waals surface area contributed by atoms with Crippen LogP contribution in [0.25, 0.3) is 6.08 Å². The Balaban J connectivity index is 2.25. The molecule has 140 valence electrons. The molecule has 5 nitrogen and oxygen atoms in total. The van der Waals surface area contributed by atoms with Crippen LogP contribution >= 0.6 is 22.6 Å². The lowest BCUT2D eigenvalue weighted by Gasteiger charge is -2.17. The van der Waals surface area contributed by atoms with Gasteiger partial charge in [0.05, 0.1) is 16.8 Å². The van der Waals surface area contributed by atoms with Crippen LogP contribution in [0.4, 0.5) is 0 Å². The van der Waals surface area contributed by atoms with Crippen LogP contribution in [0, 0.1) is 14.9 Å². The van der Waals surface area contributed by atoms with Gasteiger partial charge in [-0.15, -0.1) is 0 Å². The Morgan fingerprint density at radius 2 is 2.15 bits per heavy atom. The first-order valence-electron chi connectivity index (χ1n) is 8.95. The number of amides is 1. The first kappa shape index (κ1) is 20.6. The Labute approximate surface area is 168 Å². The van der Waals surface area contributed by atoms with Gasteiger partial charge < -0.3 is 14.8 Å². The minimum atomic E-state index is -0.312. The van der Waals surface area contributed by atoms with Gasteiger partial charge in [-0.3, -0.25) is 4.79 Å². The van der Waals surface area contributed by atoms with E-state index in [9.17, 15) is 10.1 Å². The topological polar surface area (TPSA) is 71.3 Å². The van der Waals surface area contributed by atoms with E-state index in [0.29, 0.717) is 11.5 Å². The van der Waals surface area contributed by atoms with Crippen molar-refractivity contribution in [1.82, 2.24) is 5.32 Å². The van der Waals surface area contributed by atoms with Gasteiger partial charge in [0.2, 0.25) is 0 Å². The molecule has 0 aromatic heterocycles. The van der Waals surface area contributed by atoms with E-state index in [1.54, 1.807) is 19.3 Å². The highest BCUT2D eigenvalue weighted by Gasteiger charge is 2.20. The monoisotopic (exact) mass is 468 g/mol. The lowest BCUT2D eigenvalue weighted by atomic mass is 10.1. The molecule has 0 radical (unpaired) electrons. The molecule has 1 amide bonds. The van der Waals surface area contributed by atoms with E-state index in [1.165, 1.54) is 0 Å². The van der Waals surface area contributed by atoms with Crippen LogP contribution < -0.4 is 14.8 Å². The highest BCUT2D eigenvalue weighted by Crippen LogP contribution is 2.35. The maximum atomic E-state index is 12.4. The molecule has 6 heteroatoms. The fourth-order valence-electron chi connectivity index (χ4n) is 2.87. The van der Waals surface area contributed by atoms with E-state index in [2.05, 4.69) is 34.8 Å². The highest BCUT2D eigenvalue weighted by atomic mass is 127. The van der Waals surface area contributed by atoms with Crippen LogP contribution in [0.1, 0.15) is 51.5 Å². The van der Waals surface area contributed by atoms with Crippen LogP contribution in [0.15, 0.2) is 17.7 Å². The maximum Gasteiger partial charge on any atom is 0.262 e. The number of benzene rings is 1. The third-order valence-corrected chi connectivity index (χ3v) is 5.31. The van der Waals surface area contributed by atoms with Gasteiger partial charge in [-0.1, -0.05) is 19.8 Å². The zero-order valence-corrected chi connectivity index (χ0v) is 17.6. The van der Waals surface area contributed by atoms with Crippen molar-refractivity contribution < 1.29 is 14.3 Å². The number of nitriles is 1. The number of ether oxygens (including phenoxy) is 2. The molecule has 1 atom stereocenters. The predicted molar refractivity (Wildman–Crippen MR) is 110 cm³/mol. The number of nitrogens with zero attached hydrogens (tertiary/aromatic N) is 1. The summed E-state index contributed by atoms with van der Waals surface area (Å²) < 4.78 is 12.3. The second-order valence-corrected chi connectivity index (χ2v) is 7.66. The van der Waals surface area contributed by atoms with E-state index in [1.807, 2.05) is 19.1 Å². The number of nitrogens with one attached hydrogen (secondary N) is 1. The van der Waals surface area contributed by atoms with E-state index in [-0.39, 0.29) is 23.6 Å². The predicted octanol–water partition coefficient (Wildman–Crippen LogP) is 4.44. The van der Waals surface area contributed by atoms with Gasteiger partial charge in [0.1, 0.15) is 11.6 Å². The van der Waals surface area contributed by atoms with Gasteiger partial charge in [0.25, 0.3) is 5.91 Å². The van der Waals surface area contributed by atoms with E-state index in [4.69, 9.17) is 9.47 Å². The molecular formula is C20H25IN2O3. The molecule has 0 aliphatic heterocycles. The maximum absolute atomic E-state index is 12.4. The van der Waals surface area contributed by atoms with E-state index < -0.39 is 0 Å². The molecule has 1 fully saturated rings. The summed E-state index contributed by atoms with van der Waals surface area (Å²) in [6.07, 6.45) is 6.79. The number of halogens is 1. The molecule has 0 heterocycles. The number of carbonyl (C=O) groups excluding carboxylic acids is 1. The smallest absolute Gasteiger partial charge is 0.262 e. The quantitative estimate of drug-likeness (QED) is 0.365. The van der Waals surface area contributed by atoms with Crippen molar-refractivity contribution >= 4 is 34.6 Å². The van der Waals surface area contributed by atoms with Crippen LogP contribution in [0.3, 0.4) is 0 Å². The van der Waals surface area contributed by atoms with Crippen LogP contribution in [-0.2, 0) is 4.79 Å². The summed E-state index contributed by atoms with van der Waals surface area (Å²) in [5.41, 5.74) is 0.839. The van der Waals surface area contributed by atoms with Crippen molar-refractivity contribution in [3.8, 4) is 17.6 Å². The zero-order valence-electron chi connectivity index (χ0n) is 15.5. The van der Waals surface area contributed by atoms with Crippen molar-refractivity contribution in [3.63, 3.8) is 0 Å². The van der Waals surface area contributed by atoms with Crippen LogP contribution in [0.2, 0.25) is 0 Å². The summed E-state index contributed by atoms with van der Waals surface area (Å²) in [6, 6.07) is 5.87.